The smallest absolute Gasteiger partial charge is 0.263 e. The number of aromatic amines is 1. The van der Waals surface area contributed by atoms with Crippen LogP contribution < -0.4 is 5.32 Å². The van der Waals surface area contributed by atoms with Crippen LogP contribution in [0.15, 0.2) is 30.5 Å². The van der Waals surface area contributed by atoms with E-state index >= 15 is 0 Å². The van der Waals surface area contributed by atoms with Crippen LogP contribution in [0.4, 0.5) is 0 Å². The number of hydrogen-bond donors (Lipinski definition) is 2. The molecule has 2 aromatic heterocycles. The number of carbonyl (C=O) groups excluding carboxylic acids is 1. The number of hydrogen-bond acceptors (Lipinski definition) is 3. The maximum Gasteiger partial charge on any atom is 0.263 e. The third-order valence-corrected chi connectivity index (χ3v) is 4.03. The number of H-pyrrole nitrogens is 1. The van der Waals surface area contributed by atoms with Crippen LogP contribution >= 0.6 is 11.3 Å². The van der Waals surface area contributed by atoms with E-state index in [0.717, 1.165) is 21.8 Å². The van der Waals surface area contributed by atoms with Gasteiger partial charge in [0.05, 0.1) is 11.2 Å². The molecule has 0 bridgehead atoms. The Kier molecular flexibility index (Phi) is 3.28. The van der Waals surface area contributed by atoms with Crippen LogP contribution in [0.5, 0.6) is 0 Å². The number of benzene rings is 1. The Balaban J connectivity index is 1.71. The highest BCUT2D eigenvalue weighted by Gasteiger charge is 2.08. The highest BCUT2D eigenvalue weighted by Crippen LogP contribution is 2.17. The number of aromatic nitrogens is 2. The van der Waals surface area contributed by atoms with Crippen LogP contribution in [-0.4, -0.2) is 15.9 Å². The molecule has 3 aromatic rings. The van der Waals surface area contributed by atoms with E-state index in [-0.39, 0.29) is 5.91 Å². The molecule has 0 aliphatic carbocycles. The fourth-order valence-electron chi connectivity index (χ4n) is 2.17. The summed E-state index contributed by atoms with van der Waals surface area (Å²) in [7, 11) is 0. The normalized spacial score (nSPS) is 10.9. The molecule has 2 heterocycles. The lowest BCUT2D eigenvalue weighted by Gasteiger charge is -2.03. The number of amides is 1. The van der Waals surface area contributed by atoms with Crippen LogP contribution in [0.3, 0.4) is 0 Å². The van der Waals surface area contributed by atoms with Crippen molar-refractivity contribution in [2.45, 2.75) is 20.4 Å². The van der Waals surface area contributed by atoms with E-state index in [0.29, 0.717) is 11.4 Å². The Morgan fingerprint density at radius 3 is 2.95 bits per heavy atom. The third-order valence-electron chi connectivity index (χ3n) is 3.12. The van der Waals surface area contributed by atoms with Crippen molar-refractivity contribution in [3.63, 3.8) is 0 Å². The van der Waals surface area contributed by atoms with Crippen molar-refractivity contribution in [1.29, 1.82) is 0 Å². The quantitative estimate of drug-likeness (QED) is 0.776. The van der Waals surface area contributed by atoms with Gasteiger partial charge < -0.3 is 10.3 Å². The molecular weight excluding hydrogens is 270 g/mol. The lowest BCUT2D eigenvalue weighted by molar-refractivity contribution is 0.0955. The first-order valence-electron chi connectivity index (χ1n) is 6.41. The van der Waals surface area contributed by atoms with Gasteiger partial charge in [0.15, 0.2) is 0 Å². The zero-order chi connectivity index (χ0) is 14.1. The van der Waals surface area contributed by atoms with E-state index in [4.69, 9.17) is 0 Å². The van der Waals surface area contributed by atoms with Crippen molar-refractivity contribution in [2.75, 3.05) is 0 Å². The molecule has 1 amide bonds. The summed E-state index contributed by atoms with van der Waals surface area (Å²) in [6.45, 7) is 4.45. The van der Waals surface area contributed by atoms with Crippen molar-refractivity contribution in [3.05, 3.63) is 51.6 Å². The first kappa shape index (κ1) is 12.9. The minimum atomic E-state index is -0.0686. The molecule has 102 valence electrons. The fraction of sp³-hybridized carbons (Fsp3) is 0.200. The number of thiazole rings is 1. The molecule has 1 aromatic carbocycles. The molecule has 0 saturated heterocycles. The zero-order valence-corrected chi connectivity index (χ0v) is 12.2. The second-order valence-electron chi connectivity index (χ2n) is 4.80. The van der Waals surface area contributed by atoms with Gasteiger partial charge in [-0.05, 0) is 43.0 Å². The van der Waals surface area contributed by atoms with Crippen molar-refractivity contribution >= 4 is 28.1 Å². The SMILES string of the molecule is Cc1cc2cc(CNC(=O)c3cnc(C)s3)ccc2[nH]1. The molecule has 0 fully saturated rings. The van der Waals surface area contributed by atoms with Gasteiger partial charge in [0.25, 0.3) is 5.91 Å². The average molecular weight is 285 g/mol. The second kappa shape index (κ2) is 5.09. The van der Waals surface area contributed by atoms with Crippen LogP contribution in [-0.2, 0) is 6.54 Å². The van der Waals surface area contributed by atoms with Crippen molar-refractivity contribution in [2.24, 2.45) is 0 Å². The van der Waals surface area contributed by atoms with Gasteiger partial charge >= 0.3 is 0 Å². The van der Waals surface area contributed by atoms with E-state index in [1.807, 2.05) is 26.0 Å². The predicted octanol–water partition coefficient (Wildman–Crippen LogP) is 3.17. The summed E-state index contributed by atoms with van der Waals surface area (Å²) in [6, 6.07) is 8.27. The molecule has 2 N–H and O–H groups in total. The predicted molar refractivity (Wildman–Crippen MR) is 81.1 cm³/mol. The minimum absolute atomic E-state index is 0.0686. The second-order valence-corrected chi connectivity index (χ2v) is 6.03. The highest BCUT2D eigenvalue weighted by atomic mass is 32.1. The van der Waals surface area contributed by atoms with E-state index in [1.54, 1.807) is 6.20 Å². The number of carbonyl (C=O) groups is 1. The maximum atomic E-state index is 12.0. The summed E-state index contributed by atoms with van der Waals surface area (Å²) < 4.78 is 0. The molecule has 0 saturated carbocycles. The summed E-state index contributed by atoms with van der Waals surface area (Å²) in [6.07, 6.45) is 1.62. The Labute approximate surface area is 120 Å². The number of nitrogens with zero attached hydrogens (tertiary/aromatic N) is 1. The van der Waals surface area contributed by atoms with Gasteiger partial charge in [-0.2, -0.15) is 0 Å². The van der Waals surface area contributed by atoms with Gasteiger partial charge in [-0.25, -0.2) is 4.98 Å². The van der Waals surface area contributed by atoms with Crippen molar-refractivity contribution in [1.82, 2.24) is 15.3 Å². The summed E-state index contributed by atoms with van der Waals surface area (Å²) in [5.41, 5.74) is 3.35. The maximum absolute atomic E-state index is 12.0. The van der Waals surface area contributed by atoms with E-state index in [9.17, 15) is 4.79 Å². The highest BCUT2D eigenvalue weighted by molar-refractivity contribution is 7.13. The summed E-state index contributed by atoms with van der Waals surface area (Å²) >= 11 is 1.41. The van der Waals surface area contributed by atoms with Crippen LogP contribution in [0.2, 0.25) is 0 Å². The zero-order valence-electron chi connectivity index (χ0n) is 11.4. The fourth-order valence-corrected chi connectivity index (χ4v) is 2.87. The Morgan fingerprint density at radius 2 is 2.20 bits per heavy atom. The molecule has 4 nitrogen and oxygen atoms in total. The number of aryl methyl sites for hydroxylation is 2. The molecular formula is C15H15N3OS. The Hall–Kier alpha value is -2.14. The van der Waals surface area contributed by atoms with Crippen LogP contribution in [0, 0.1) is 13.8 Å². The molecule has 5 heteroatoms. The number of nitrogens with one attached hydrogen (secondary N) is 2. The Bertz CT molecular complexity index is 772. The number of rotatable bonds is 3. The van der Waals surface area contributed by atoms with Crippen molar-refractivity contribution in [3.8, 4) is 0 Å². The van der Waals surface area contributed by atoms with Gasteiger partial charge in [0, 0.05) is 17.8 Å². The largest absolute Gasteiger partial charge is 0.359 e. The number of fused-ring (bicyclic) bond motifs is 1. The molecule has 0 atom stereocenters. The molecule has 0 radical (unpaired) electrons. The summed E-state index contributed by atoms with van der Waals surface area (Å²) in [4.78, 5) is 20.0. The monoisotopic (exact) mass is 285 g/mol. The van der Waals surface area contributed by atoms with E-state index in [1.165, 1.54) is 16.7 Å². The molecule has 20 heavy (non-hydrogen) atoms. The van der Waals surface area contributed by atoms with Gasteiger partial charge in [0.1, 0.15) is 4.88 Å². The summed E-state index contributed by atoms with van der Waals surface area (Å²) in [5.74, 6) is -0.0686. The molecule has 3 rings (SSSR count). The Morgan fingerprint density at radius 1 is 1.35 bits per heavy atom. The first-order valence-corrected chi connectivity index (χ1v) is 7.22. The molecule has 0 unspecified atom stereocenters. The first-order chi connectivity index (χ1) is 9.61. The van der Waals surface area contributed by atoms with Crippen molar-refractivity contribution < 1.29 is 4.79 Å². The van der Waals surface area contributed by atoms with Gasteiger partial charge in [-0.1, -0.05) is 6.07 Å². The summed E-state index contributed by atoms with van der Waals surface area (Å²) in [5, 5.41) is 4.99. The molecule has 0 aliphatic heterocycles. The molecule has 0 spiro atoms. The van der Waals surface area contributed by atoms with E-state index < -0.39 is 0 Å². The lowest BCUT2D eigenvalue weighted by atomic mass is 10.1. The van der Waals surface area contributed by atoms with E-state index in [2.05, 4.69) is 27.4 Å². The van der Waals surface area contributed by atoms with Gasteiger partial charge in [-0.3, -0.25) is 4.79 Å². The lowest BCUT2D eigenvalue weighted by Crippen LogP contribution is -2.21. The minimum Gasteiger partial charge on any atom is -0.359 e. The van der Waals surface area contributed by atoms with Crippen LogP contribution in [0.25, 0.3) is 10.9 Å². The average Bonchev–Trinajstić information content (AvgIpc) is 3.00. The van der Waals surface area contributed by atoms with Crippen LogP contribution in [0.1, 0.15) is 25.9 Å². The molecule has 0 aliphatic rings. The van der Waals surface area contributed by atoms with Gasteiger partial charge in [-0.15, -0.1) is 11.3 Å². The topological polar surface area (TPSA) is 57.8 Å². The third kappa shape index (κ3) is 2.58. The van der Waals surface area contributed by atoms with Gasteiger partial charge in [0.2, 0.25) is 0 Å². The standard InChI is InChI=1S/C15H15N3OS/c1-9-5-12-6-11(3-4-13(12)18-9)7-17-15(19)14-8-16-10(2)20-14/h3-6,8,18H,7H2,1-2H3,(H,17,19).